The molecule has 0 radical (unpaired) electrons. The quantitative estimate of drug-likeness (QED) is 0.211. The first-order valence-electron chi connectivity index (χ1n) is 8.51. The van der Waals surface area contributed by atoms with Gasteiger partial charge in [0.15, 0.2) is 17.3 Å². The molecule has 6 nitrogen and oxygen atoms in total. The van der Waals surface area contributed by atoms with Crippen molar-refractivity contribution < 1.29 is 28.2 Å². The van der Waals surface area contributed by atoms with Crippen LogP contribution in [0.25, 0.3) is 6.08 Å². The van der Waals surface area contributed by atoms with Gasteiger partial charge in [0.25, 0.3) is 0 Å². The molecule has 0 N–H and O–H groups in total. The van der Waals surface area contributed by atoms with Crippen molar-refractivity contribution in [2.24, 2.45) is 0 Å². The Morgan fingerprint density at radius 2 is 1.72 bits per heavy atom. The number of hydrogen-bond acceptors (Lipinski definition) is 6. The van der Waals surface area contributed by atoms with E-state index in [9.17, 15) is 9.59 Å². The van der Waals surface area contributed by atoms with Gasteiger partial charge >= 0.3 is 5.97 Å². The molecule has 0 aliphatic heterocycles. The standard InChI is InChI=1S/C22H17BrO6/c1-26-19-9-6-14(12-21(19)27-2)5-8-17(24)16-13-15(23)7-10-18(16)29-22(25)20-4-3-11-28-20/h3-13H,1-2H3. The largest absolute Gasteiger partial charge is 0.493 e. The van der Waals surface area contributed by atoms with Crippen molar-refractivity contribution in [3.8, 4) is 17.2 Å². The van der Waals surface area contributed by atoms with Gasteiger partial charge in [-0.3, -0.25) is 4.79 Å². The first-order chi connectivity index (χ1) is 14.0. The van der Waals surface area contributed by atoms with Gasteiger partial charge < -0.3 is 18.6 Å². The molecule has 0 saturated carbocycles. The molecular weight excluding hydrogens is 440 g/mol. The zero-order valence-corrected chi connectivity index (χ0v) is 17.3. The molecule has 0 saturated heterocycles. The molecule has 1 heterocycles. The van der Waals surface area contributed by atoms with Crippen molar-refractivity contribution in [2.75, 3.05) is 14.2 Å². The van der Waals surface area contributed by atoms with E-state index < -0.39 is 5.97 Å². The Bertz CT molecular complexity index is 1050. The third-order valence-corrected chi connectivity index (χ3v) is 4.46. The number of methoxy groups -OCH3 is 2. The van der Waals surface area contributed by atoms with Crippen molar-refractivity contribution in [3.05, 3.63) is 82.2 Å². The van der Waals surface area contributed by atoms with Crippen LogP contribution >= 0.6 is 15.9 Å². The van der Waals surface area contributed by atoms with Crippen molar-refractivity contribution in [2.45, 2.75) is 0 Å². The first kappa shape index (κ1) is 20.4. The summed E-state index contributed by atoms with van der Waals surface area (Å²) in [6, 6.07) is 13.2. The predicted molar refractivity (Wildman–Crippen MR) is 111 cm³/mol. The first-order valence-corrected chi connectivity index (χ1v) is 9.31. The van der Waals surface area contributed by atoms with Crippen LogP contribution in [0.1, 0.15) is 26.5 Å². The van der Waals surface area contributed by atoms with Gasteiger partial charge in [-0.15, -0.1) is 0 Å². The zero-order valence-electron chi connectivity index (χ0n) is 15.7. The molecule has 7 heteroatoms. The fraction of sp³-hybridized carbons (Fsp3) is 0.0909. The van der Waals surface area contributed by atoms with E-state index in [1.54, 1.807) is 55.7 Å². The minimum absolute atomic E-state index is 0.0483. The maximum absolute atomic E-state index is 12.8. The molecule has 0 spiro atoms. The Morgan fingerprint density at radius 3 is 2.41 bits per heavy atom. The number of ketones is 1. The Labute approximate surface area is 175 Å². The lowest BCUT2D eigenvalue weighted by molar-refractivity contribution is 0.0699. The van der Waals surface area contributed by atoms with Gasteiger partial charge in [0, 0.05) is 4.47 Å². The molecule has 0 aliphatic rings. The highest BCUT2D eigenvalue weighted by Gasteiger charge is 2.17. The molecule has 0 bridgehead atoms. The summed E-state index contributed by atoms with van der Waals surface area (Å²) < 4.78 is 21.5. The van der Waals surface area contributed by atoms with Crippen molar-refractivity contribution in [3.63, 3.8) is 0 Å². The third kappa shape index (κ3) is 4.94. The number of halogens is 1. The molecule has 0 atom stereocenters. The van der Waals surface area contributed by atoms with Gasteiger partial charge in [-0.1, -0.05) is 28.1 Å². The predicted octanol–water partition coefficient (Wildman–Crippen LogP) is 5.17. The topological polar surface area (TPSA) is 75.0 Å². The molecular formula is C22H17BrO6. The fourth-order valence-corrected chi connectivity index (χ4v) is 2.91. The molecule has 1 aromatic heterocycles. The smallest absolute Gasteiger partial charge is 0.379 e. The number of furan rings is 1. The number of hydrogen-bond donors (Lipinski definition) is 0. The van der Waals surface area contributed by atoms with Crippen LogP contribution in [0, 0.1) is 0 Å². The summed E-state index contributed by atoms with van der Waals surface area (Å²) in [7, 11) is 3.09. The average Bonchev–Trinajstić information content (AvgIpc) is 3.28. The van der Waals surface area contributed by atoms with Gasteiger partial charge in [-0.05, 0) is 54.1 Å². The summed E-state index contributed by atoms with van der Waals surface area (Å²) in [5.74, 6) is 0.315. The Balaban J connectivity index is 1.84. The summed E-state index contributed by atoms with van der Waals surface area (Å²) in [6.45, 7) is 0. The summed E-state index contributed by atoms with van der Waals surface area (Å²) >= 11 is 3.33. The molecule has 29 heavy (non-hydrogen) atoms. The minimum Gasteiger partial charge on any atom is -0.493 e. The maximum atomic E-state index is 12.8. The van der Waals surface area contributed by atoms with E-state index in [0.29, 0.717) is 16.0 Å². The van der Waals surface area contributed by atoms with Crippen LogP contribution in [0.15, 0.2) is 69.8 Å². The molecule has 2 aromatic carbocycles. The highest BCUT2D eigenvalue weighted by molar-refractivity contribution is 9.10. The number of allylic oxidation sites excluding steroid dienone is 1. The summed E-state index contributed by atoms with van der Waals surface area (Å²) in [6.07, 6.45) is 4.41. The normalized spacial score (nSPS) is 10.7. The Kier molecular flexibility index (Phi) is 6.51. The van der Waals surface area contributed by atoms with Crippen LogP contribution in [0.5, 0.6) is 17.2 Å². The van der Waals surface area contributed by atoms with Gasteiger partial charge in [-0.25, -0.2) is 4.79 Å². The van der Waals surface area contributed by atoms with Crippen molar-refractivity contribution in [1.29, 1.82) is 0 Å². The minimum atomic E-state index is -0.685. The number of carbonyl (C=O) groups excluding carboxylic acids is 2. The molecule has 148 valence electrons. The highest BCUT2D eigenvalue weighted by Crippen LogP contribution is 2.29. The van der Waals surface area contributed by atoms with Crippen LogP contribution in [0.2, 0.25) is 0 Å². The second-order valence-electron chi connectivity index (χ2n) is 5.82. The fourth-order valence-electron chi connectivity index (χ4n) is 2.55. The lowest BCUT2D eigenvalue weighted by atomic mass is 10.1. The Morgan fingerprint density at radius 1 is 0.966 bits per heavy atom. The molecule has 0 amide bonds. The summed E-state index contributed by atoms with van der Waals surface area (Å²) in [5.41, 5.74) is 0.983. The van der Waals surface area contributed by atoms with E-state index in [2.05, 4.69) is 15.9 Å². The average molecular weight is 457 g/mol. The molecule has 0 unspecified atom stereocenters. The third-order valence-electron chi connectivity index (χ3n) is 3.97. The van der Waals surface area contributed by atoms with Crippen LogP contribution in [-0.2, 0) is 0 Å². The van der Waals surface area contributed by atoms with Gasteiger partial charge in [0.1, 0.15) is 5.75 Å². The van der Waals surface area contributed by atoms with Crippen LogP contribution in [0.4, 0.5) is 0 Å². The number of esters is 1. The highest BCUT2D eigenvalue weighted by atomic mass is 79.9. The lowest BCUT2D eigenvalue weighted by Crippen LogP contribution is -2.10. The lowest BCUT2D eigenvalue weighted by Gasteiger charge is -2.08. The van der Waals surface area contributed by atoms with E-state index in [1.165, 1.54) is 25.5 Å². The number of rotatable bonds is 7. The van der Waals surface area contributed by atoms with Crippen LogP contribution in [-0.4, -0.2) is 26.0 Å². The monoisotopic (exact) mass is 456 g/mol. The Hall–Kier alpha value is -3.32. The molecule has 0 fully saturated rings. The van der Waals surface area contributed by atoms with Gasteiger partial charge in [0.05, 0.1) is 26.0 Å². The molecule has 3 aromatic rings. The summed E-state index contributed by atoms with van der Waals surface area (Å²) in [4.78, 5) is 24.9. The maximum Gasteiger partial charge on any atom is 0.379 e. The zero-order chi connectivity index (χ0) is 20.8. The van der Waals surface area contributed by atoms with Crippen molar-refractivity contribution >= 4 is 33.8 Å². The van der Waals surface area contributed by atoms with Gasteiger partial charge in [-0.2, -0.15) is 0 Å². The number of carbonyl (C=O) groups is 2. The van der Waals surface area contributed by atoms with Crippen LogP contribution in [0.3, 0.4) is 0 Å². The number of ether oxygens (including phenoxy) is 3. The SMILES string of the molecule is COc1ccc(C=CC(=O)c2cc(Br)ccc2OC(=O)c2ccco2)cc1OC. The second kappa shape index (κ2) is 9.25. The van der Waals surface area contributed by atoms with E-state index in [1.807, 2.05) is 0 Å². The second-order valence-corrected chi connectivity index (χ2v) is 6.73. The van der Waals surface area contributed by atoms with Crippen LogP contribution < -0.4 is 14.2 Å². The van der Waals surface area contributed by atoms with E-state index >= 15 is 0 Å². The van der Waals surface area contributed by atoms with E-state index in [4.69, 9.17) is 18.6 Å². The van der Waals surface area contributed by atoms with Crippen molar-refractivity contribution in [1.82, 2.24) is 0 Å². The van der Waals surface area contributed by atoms with E-state index in [-0.39, 0.29) is 22.9 Å². The van der Waals surface area contributed by atoms with E-state index in [0.717, 1.165) is 5.56 Å². The number of benzene rings is 2. The molecule has 3 rings (SSSR count). The molecule has 0 aliphatic carbocycles. The van der Waals surface area contributed by atoms with Gasteiger partial charge in [0.2, 0.25) is 5.76 Å². The summed E-state index contributed by atoms with van der Waals surface area (Å²) in [5, 5.41) is 0.